The van der Waals surface area contributed by atoms with E-state index in [4.69, 9.17) is 4.74 Å². The molecule has 202 valence electrons. The van der Waals surface area contributed by atoms with Crippen LogP contribution in [0.5, 0.6) is 5.75 Å². The first-order valence-corrected chi connectivity index (χ1v) is 14.4. The molecule has 38 heavy (non-hydrogen) atoms. The molecule has 0 saturated heterocycles. The Bertz CT molecular complexity index is 1580. The number of ether oxygens (including phenoxy) is 1. The maximum Gasteiger partial charge on any atom is 0.277 e. The van der Waals surface area contributed by atoms with Crippen LogP contribution in [-0.4, -0.2) is 45.5 Å². The first kappa shape index (κ1) is 27.5. The van der Waals surface area contributed by atoms with Crippen molar-refractivity contribution >= 4 is 15.5 Å². The van der Waals surface area contributed by atoms with E-state index in [0.29, 0.717) is 47.9 Å². The fourth-order valence-corrected chi connectivity index (χ4v) is 6.09. The van der Waals surface area contributed by atoms with Crippen molar-refractivity contribution < 1.29 is 13.2 Å². The maximum atomic E-state index is 13.9. The number of rotatable bonds is 11. The van der Waals surface area contributed by atoms with Gasteiger partial charge in [-0.1, -0.05) is 51.1 Å². The highest BCUT2D eigenvalue weighted by atomic mass is 32.2. The monoisotopic (exact) mass is 537 g/mol. The van der Waals surface area contributed by atoms with Crippen LogP contribution in [0.4, 0.5) is 0 Å². The van der Waals surface area contributed by atoms with E-state index in [9.17, 15) is 13.2 Å². The topological polar surface area (TPSA) is 110 Å². The van der Waals surface area contributed by atoms with E-state index in [1.807, 2.05) is 58.0 Å². The van der Waals surface area contributed by atoms with E-state index < -0.39 is 10.0 Å². The minimum absolute atomic E-state index is 0.103. The molecule has 0 bridgehead atoms. The number of aryl methyl sites for hydroxylation is 2. The molecule has 2 aromatic heterocycles. The number of fused-ring (bicyclic) bond motifs is 1. The zero-order valence-corrected chi connectivity index (χ0v) is 23.4. The molecule has 0 fully saturated rings. The molecule has 1 N–H and O–H groups in total. The van der Waals surface area contributed by atoms with Gasteiger partial charge in [0.15, 0.2) is 11.3 Å². The first-order valence-electron chi connectivity index (χ1n) is 13.0. The average molecular weight is 538 g/mol. The molecule has 4 aromatic rings. The molecule has 0 radical (unpaired) electrons. The summed E-state index contributed by atoms with van der Waals surface area (Å²) < 4.78 is 36.7. The van der Waals surface area contributed by atoms with Crippen LogP contribution in [0.2, 0.25) is 0 Å². The molecule has 9 nitrogen and oxygen atoms in total. The number of nitrogens with zero attached hydrogens (tertiary/aromatic N) is 4. The lowest BCUT2D eigenvalue weighted by atomic mass is 10.2. The summed E-state index contributed by atoms with van der Waals surface area (Å²) in [6.07, 6.45) is 1.49. The maximum absolute atomic E-state index is 13.9. The van der Waals surface area contributed by atoms with Gasteiger partial charge in [-0.2, -0.15) is 4.31 Å². The van der Waals surface area contributed by atoms with E-state index in [1.165, 1.54) is 10.4 Å². The quantitative estimate of drug-likeness (QED) is 0.300. The summed E-state index contributed by atoms with van der Waals surface area (Å²) >= 11 is 0. The van der Waals surface area contributed by atoms with Crippen molar-refractivity contribution in [1.82, 2.24) is 23.9 Å². The third-order valence-corrected chi connectivity index (χ3v) is 7.94. The molecule has 0 aliphatic heterocycles. The average Bonchev–Trinajstić information content (AvgIpc) is 3.20. The highest BCUT2D eigenvalue weighted by molar-refractivity contribution is 7.89. The second kappa shape index (κ2) is 11.5. The highest BCUT2D eigenvalue weighted by Crippen LogP contribution is 2.32. The second-order valence-electron chi connectivity index (χ2n) is 9.69. The molecule has 0 saturated carbocycles. The lowest BCUT2D eigenvalue weighted by molar-refractivity contribution is 0.341. The predicted molar refractivity (Wildman–Crippen MR) is 148 cm³/mol. The summed E-state index contributed by atoms with van der Waals surface area (Å²) in [7, 11) is -3.88. The van der Waals surface area contributed by atoms with Crippen LogP contribution < -0.4 is 10.3 Å². The van der Waals surface area contributed by atoms with Crippen molar-refractivity contribution in [2.45, 2.75) is 58.9 Å². The Kier molecular flexibility index (Phi) is 8.32. The van der Waals surface area contributed by atoms with Gasteiger partial charge in [-0.05, 0) is 49.9 Å². The molecule has 10 heteroatoms. The van der Waals surface area contributed by atoms with Crippen molar-refractivity contribution in [2.75, 3.05) is 13.2 Å². The van der Waals surface area contributed by atoms with E-state index in [-0.39, 0.29) is 28.7 Å². The van der Waals surface area contributed by atoms with Crippen LogP contribution in [0.25, 0.3) is 16.9 Å². The number of aromatic nitrogens is 4. The third kappa shape index (κ3) is 5.66. The number of imidazole rings is 1. The van der Waals surface area contributed by atoms with Gasteiger partial charge in [0.2, 0.25) is 10.0 Å². The SMILES string of the molecule is CCCc1nc(C)c2c(=O)[nH]c(-c3cc(S(=O)(=O)N(Cc4ccccc4)CC(C)C)ccc3OCC)nn12. The van der Waals surface area contributed by atoms with Crippen LogP contribution in [0.1, 0.15) is 51.2 Å². The lowest BCUT2D eigenvalue weighted by Gasteiger charge is -2.24. The molecule has 0 aliphatic rings. The minimum Gasteiger partial charge on any atom is -0.493 e. The summed E-state index contributed by atoms with van der Waals surface area (Å²) in [5.74, 6) is 1.45. The lowest BCUT2D eigenvalue weighted by Crippen LogP contribution is -2.33. The van der Waals surface area contributed by atoms with Gasteiger partial charge in [0.05, 0.1) is 22.8 Å². The highest BCUT2D eigenvalue weighted by Gasteiger charge is 2.27. The summed E-state index contributed by atoms with van der Waals surface area (Å²) in [6.45, 7) is 10.6. The molecule has 0 amide bonds. The molecule has 4 rings (SSSR count). The van der Waals surface area contributed by atoms with Crippen LogP contribution >= 0.6 is 0 Å². The normalized spacial score (nSPS) is 12.1. The Labute approximate surface area is 223 Å². The van der Waals surface area contributed by atoms with Gasteiger partial charge in [-0.15, -0.1) is 5.10 Å². The van der Waals surface area contributed by atoms with Gasteiger partial charge >= 0.3 is 0 Å². The zero-order valence-electron chi connectivity index (χ0n) is 22.6. The molecular weight excluding hydrogens is 502 g/mol. The van der Waals surface area contributed by atoms with Gasteiger partial charge < -0.3 is 9.72 Å². The van der Waals surface area contributed by atoms with Gasteiger partial charge in [-0.25, -0.2) is 17.9 Å². The van der Waals surface area contributed by atoms with Crippen molar-refractivity contribution in [3.63, 3.8) is 0 Å². The molecule has 0 spiro atoms. The molecule has 2 heterocycles. The summed E-state index contributed by atoms with van der Waals surface area (Å²) in [5, 5.41) is 4.68. The van der Waals surface area contributed by atoms with Crippen LogP contribution in [0, 0.1) is 12.8 Å². The summed E-state index contributed by atoms with van der Waals surface area (Å²) in [5.41, 5.74) is 1.93. The van der Waals surface area contributed by atoms with Crippen LogP contribution in [-0.2, 0) is 23.0 Å². The van der Waals surface area contributed by atoms with Crippen LogP contribution in [0.3, 0.4) is 0 Å². The third-order valence-electron chi connectivity index (χ3n) is 6.13. The zero-order chi connectivity index (χ0) is 27.4. The number of H-pyrrole nitrogens is 1. The number of hydrogen-bond donors (Lipinski definition) is 1. The fourth-order valence-electron chi connectivity index (χ4n) is 4.47. The molecule has 2 aromatic carbocycles. The standard InChI is InChI=1S/C28H35N5O4S/c1-6-11-25-29-20(5)26-28(34)30-27(31-33(25)26)23-16-22(14-15-24(23)37-7-2)38(35,36)32(17-19(3)4)18-21-12-9-8-10-13-21/h8-10,12-16,19H,6-7,11,17-18H2,1-5H3,(H,30,31,34). The van der Waals surface area contributed by atoms with E-state index in [1.54, 1.807) is 23.6 Å². The Morgan fingerprint density at radius 3 is 2.50 bits per heavy atom. The molecule has 0 unspecified atom stereocenters. The second-order valence-corrected chi connectivity index (χ2v) is 11.6. The summed E-state index contributed by atoms with van der Waals surface area (Å²) in [6, 6.07) is 14.2. The van der Waals surface area contributed by atoms with E-state index in [0.717, 1.165) is 12.0 Å². The smallest absolute Gasteiger partial charge is 0.277 e. The van der Waals surface area contributed by atoms with Gasteiger partial charge in [-0.3, -0.25) is 4.79 Å². The Hall–Kier alpha value is -3.50. The summed E-state index contributed by atoms with van der Waals surface area (Å²) in [4.78, 5) is 20.5. The van der Waals surface area contributed by atoms with E-state index in [2.05, 4.69) is 15.1 Å². The Morgan fingerprint density at radius 1 is 1.11 bits per heavy atom. The van der Waals surface area contributed by atoms with Gasteiger partial charge in [0, 0.05) is 19.5 Å². The van der Waals surface area contributed by atoms with Crippen LogP contribution in [0.15, 0.2) is 58.2 Å². The fraction of sp³-hybridized carbons (Fsp3) is 0.393. The molecular formula is C28H35N5O4S. The van der Waals surface area contributed by atoms with Crippen molar-refractivity contribution in [1.29, 1.82) is 0 Å². The Morgan fingerprint density at radius 2 is 1.84 bits per heavy atom. The van der Waals surface area contributed by atoms with Crippen molar-refractivity contribution in [2.24, 2.45) is 5.92 Å². The first-order chi connectivity index (χ1) is 18.1. The van der Waals surface area contributed by atoms with Crippen molar-refractivity contribution in [3.05, 3.63) is 76.0 Å². The van der Waals surface area contributed by atoms with Crippen molar-refractivity contribution in [3.8, 4) is 17.1 Å². The number of hydrogen-bond acceptors (Lipinski definition) is 6. The number of sulfonamides is 1. The van der Waals surface area contributed by atoms with Gasteiger partial charge in [0.25, 0.3) is 5.56 Å². The Balaban J connectivity index is 1.85. The number of nitrogens with one attached hydrogen (secondary N) is 1. The number of aromatic amines is 1. The van der Waals surface area contributed by atoms with E-state index >= 15 is 0 Å². The number of benzene rings is 2. The van der Waals surface area contributed by atoms with Gasteiger partial charge in [0.1, 0.15) is 11.6 Å². The molecule has 0 aliphatic carbocycles. The molecule has 0 atom stereocenters. The largest absolute Gasteiger partial charge is 0.493 e. The predicted octanol–water partition coefficient (Wildman–Crippen LogP) is 4.59. The minimum atomic E-state index is -3.88.